The Balaban J connectivity index is 2.03. The Hall–Kier alpha value is -0.120. The molecule has 0 saturated heterocycles. The Morgan fingerprint density at radius 1 is 1.57 bits per heavy atom. The molecule has 1 aliphatic carbocycles. The Morgan fingerprint density at radius 3 is 3.07 bits per heavy atom. The van der Waals surface area contributed by atoms with Gasteiger partial charge in [-0.3, -0.25) is 0 Å². The first kappa shape index (κ1) is 10.4. The van der Waals surface area contributed by atoms with E-state index in [-0.39, 0.29) is 0 Å². The van der Waals surface area contributed by atoms with Crippen LogP contribution in [0.25, 0.3) is 0 Å². The number of hydrogen-bond donors (Lipinski definition) is 1. The molecule has 0 spiro atoms. The van der Waals surface area contributed by atoms with E-state index in [0.717, 1.165) is 12.8 Å². The normalized spacial score (nSPS) is 22.1. The summed E-state index contributed by atoms with van der Waals surface area (Å²) in [4.78, 5) is 1.43. The van der Waals surface area contributed by atoms with Gasteiger partial charge in [0, 0.05) is 27.2 Å². The summed E-state index contributed by atoms with van der Waals surface area (Å²) < 4.78 is 1.19. The van der Waals surface area contributed by atoms with E-state index < -0.39 is 0 Å². The summed E-state index contributed by atoms with van der Waals surface area (Å²) in [7, 11) is 0. The first-order valence-corrected chi connectivity index (χ1v) is 6.59. The van der Waals surface area contributed by atoms with Gasteiger partial charge in [-0.2, -0.15) is 0 Å². The lowest BCUT2D eigenvalue weighted by molar-refractivity contribution is 0.618. The lowest BCUT2D eigenvalue weighted by atomic mass is 9.94. The Bertz CT molecular complexity index is 343. The monoisotopic (exact) mass is 271 g/mol. The van der Waals surface area contributed by atoms with Crippen LogP contribution in [0.1, 0.15) is 24.1 Å². The van der Waals surface area contributed by atoms with Crippen molar-refractivity contribution in [1.29, 1.82) is 0 Å². The molecule has 2 N–H and O–H groups in total. The van der Waals surface area contributed by atoms with Gasteiger partial charge in [-0.05, 0) is 41.3 Å². The van der Waals surface area contributed by atoms with E-state index in [1.807, 2.05) is 11.3 Å². The Morgan fingerprint density at radius 2 is 2.43 bits per heavy atom. The third-order valence-electron chi connectivity index (χ3n) is 2.51. The summed E-state index contributed by atoms with van der Waals surface area (Å²) >= 11 is 5.29. The molecule has 1 nitrogen and oxygen atoms in total. The predicted octanol–water partition coefficient (Wildman–Crippen LogP) is 3.49. The molecule has 1 unspecified atom stereocenters. The van der Waals surface area contributed by atoms with Gasteiger partial charge in [0.15, 0.2) is 0 Å². The van der Waals surface area contributed by atoms with Gasteiger partial charge in [0.2, 0.25) is 0 Å². The third-order valence-corrected chi connectivity index (χ3v) is 4.21. The summed E-state index contributed by atoms with van der Waals surface area (Å²) in [6.07, 6.45) is 6.96. The minimum atomic E-state index is 0.294. The number of hydrogen-bond acceptors (Lipinski definition) is 2. The minimum Gasteiger partial charge on any atom is -0.324 e. The van der Waals surface area contributed by atoms with E-state index in [4.69, 9.17) is 5.73 Å². The molecule has 76 valence electrons. The van der Waals surface area contributed by atoms with Crippen LogP contribution >= 0.6 is 27.3 Å². The molecule has 0 radical (unpaired) electrons. The fourth-order valence-electron chi connectivity index (χ4n) is 1.85. The first-order chi connectivity index (χ1) is 6.74. The number of nitrogens with two attached hydrogens (primary N) is 1. The van der Waals surface area contributed by atoms with Crippen LogP contribution in [0, 0.1) is 0 Å². The third kappa shape index (κ3) is 2.69. The molecule has 0 amide bonds. The summed E-state index contributed by atoms with van der Waals surface area (Å²) in [5.74, 6) is 0. The summed E-state index contributed by atoms with van der Waals surface area (Å²) in [6, 6.07) is 2.49. The van der Waals surface area contributed by atoms with Gasteiger partial charge < -0.3 is 5.73 Å². The molecule has 2 rings (SSSR count). The predicted molar refractivity (Wildman–Crippen MR) is 65.6 cm³/mol. The second-order valence-corrected chi connectivity index (χ2v) is 5.70. The molecule has 1 aliphatic rings. The highest BCUT2D eigenvalue weighted by atomic mass is 79.9. The molecule has 14 heavy (non-hydrogen) atoms. The molecule has 0 fully saturated rings. The van der Waals surface area contributed by atoms with Crippen LogP contribution in [-0.4, -0.2) is 6.04 Å². The van der Waals surface area contributed by atoms with Crippen molar-refractivity contribution in [2.45, 2.75) is 31.7 Å². The molecular formula is C11H14BrNS. The van der Waals surface area contributed by atoms with Crippen molar-refractivity contribution in [1.82, 2.24) is 0 Å². The van der Waals surface area contributed by atoms with Crippen LogP contribution in [0.3, 0.4) is 0 Å². The van der Waals surface area contributed by atoms with Crippen molar-refractivity contribution < 1.29 is 0 Å². The number of rotatable bonds is 2. The molecule has 0 saturated carbocycles. The fraction of sp³-hybridized carbons (Fsp3) is 0.455. The van der Waals surface area contributed by atoms with Crippen LogP contribution in [0.2, 0.25) is 0 Å². The summed E-state index contributed by atoms with van der Waals surface area (Å²) in [6.45, 7) is 0. The molecule has 1 aromatic heterocycles. The molecule has 1 aromatic rings. The maximum atomic E-state index is 5.90. The van der Waals surface area contributed by atoms with Crippen LogP contribution in [-0.2, 0) is 6.42 Å². The average Bonchev–Trinajstić information content (AvgIpc) is 2.51. The number of halogens is 1. The zero-order valence-corrected chi connectivity index (χ0v) is 10.4. The quantitative estimate of drug-likeness (QED) is 0.819. The van der Waals surface area contributed by atoms with Gasteiger partial charge in [-0.25, -0.2) is 0 Å². The maximum Gasteiger partial charge on any atom is 0.0285 e. The van der Waals surface area contributed by atoms with Crippen LogP contribution in [0.15, 0.2) is 27.6 Å². The molecule has 3 heteroatoms. The van der Waals surface area contributed by atoms with E-state index in [0.29, 0.717) is 6.04 Å². The molecular weight excluding hydrogens is 258 g/mol. The highest BCUT2D eigenvalue weighted by molar-refractivity contribution is 9.10. The van der Waals surface area contributed by atoms with Gasteiger partial charge in [0.1, 0.15) is 0 Å². The fourth-order valence-corrected chi connectivity index (χ4v) is 3.36. The zero-order valence-electron chi connectivity index (χ0n) is 8.00. The lowest BCUT2D eigenvalue weighted by Gasteiger charge is -2.17. The Kier molecular flexibility index (Phi) is 3.42. The largest absolute Gasteiger partial charge is 0.324 e. The number of thiophene rings is 1. The Labute approximate surface area is 97.1 Å². The van der Waals surface area contributed by atoms with Gasteiger partial charge in [0.25, 0.3) is 0 Å². The maximum absolute atomic E-state index is 5.90. The average molecular weight is 272 g/mol. The summed E-state index contributed by atoms with van der Waals surface area (Å²) in [5.41, 5.74) is 7.41. The van der Waals surface area contributed by atoms with Crippen molar-refractivity contribution in [2.24, 2.45) is 5.73 Å². The van der Waals surface area contributed by atoms with Crippen molar-refractivity contribution in [2.75, 3.05) is 0 Å². The van der Waals surface area contributed by atoms with Crippen LogP contribution < -0.4 is 5.73 Å². The standard InChI is InChI=1S/C11H14BrNS/c12-9-6-11(14-7-9)5-8-2-1-3-10(13)4-8/h4,6-7,10H,1-3,5,13H2. The first-order valence-electron chi connectivity index (χ1n) is 4.92. The molecule has 1 heterocycles. The second kappa shape index (κ2) is 4.60. The van der Waals surface area contributed by atoms with E-state index >= 15 is 0 Å². The highest BCUT2D eigenvalue weighted by Crippen LogP contribution is 2.26. The van der Waals surface area contributed by atoms with Crippen LogP contribution in [0.5, 0.6) is 0 Å². The van der Waals surface area contributed by atoms with Gasteiger partial charge >= 0.3 is 0 Å². The SMILES string of the molecule is NC1C=C(Cc2cc(Br)cs2)CCC1. The zero-order chi connectivity index (χ0) is 9.97. The second-order valence-electron chi connectivity index (χ2n) is 3.79. The minimum absolute atomic E-state index is 0.294. The van der Waals surface area contributed by atoms with Crippen molar-refractivity contribution in [3.8, 4) is 0 Å². The van der Waals surface area contributed by atoms with Crippen molar-refractivity contribution >= 4 is 27.3 Å². The van der Waals surface area contributed by atoms with Gasteiger partial charge in [-0.15, -0.1) is 11.3 Å². The van der Waals surface area contributed by atoms with E-state index in [1.165, 1.54) is 27.8 Å². The molecule has 0 aromatic carbocycles. The van der Waals surface area contributed by atoms with Gasteiger partial charge in [-0.1, -0.05) is 11.6 Å². The lowest BCUT2D eigenvalue weighted by Crippen LogP contribution is -2.20. The summed E-state index contributed by atoms with van der Waals surface area (Å²) in [5, 5.41) is 2.14. The number of allylic oxidation sites excluding steroid dienone is 1. The topological polar surface area (TPSA) is 26.0 Å². The van der Waals surface area contributed by atoms with Crippen molar-refractivity contribution in [3.05, 3.63) is 32.4 Å². The van der Waals surface area contributed by atoms with Crippen LogP contribution in [0.4, 0.5) is 0 Å². The van der Waals surface area contributed by atoms with Crippen molar-refractivity contribution in [3.63, 3.8) is 0 Å². The highest BCUT2D eigenvalue weighted by Gasteiger charge is 2.10. The van der Waals surface area contributed by atoms with Gasteiger partial charge in [0.05, 0.1) is 0 Å². The van der Waals surface area contributed by atoms with E-state index in [1.54, 1.807) is 0 Å². The molecule has 1 atom stereocenters. The molecule has 0 bridgehead atoms. The van der Waals surface area contributed by atoms with E-state index in [9.17, 15) is 0 Å². The molecule has 0 aliphatic heterocycles. The smallest absolute Gasteiger partial charge is 0.0285 e. The van der Waals surface area contributed by atoms with E-state index in [2.05, 4.69) is 33.5 Å².